The first kappa shape index (κ1) is 23.3. The van der Waals surface area contributed by atoms with Crippen molar-refractivity contribution in [3.05, 3.63) is 35.3 Å². The van der Waals surface area contributed by atoms with Gasteiger partial charge in [-0.1, -0.05) is 12.8 Å². The Morgan fingerprint density at radius 1 is 1.18 bits per heavy atom. The van der Waals surface area contributed by atoms with E-state index in [1.54, 1.807) is 17.5 Å². The van der Waals surface area contributed by atoms with Crippen molar-refractivity contribution in [1.29, 1.82) is 0 Å². The summed E-state index contributed by atoms with van der Waals surface area (Å²) in [5.41, 5.74) is 1.46. The quantitative estimate of drug-likeness (QED) is 0.435. The van der Waals surface area contributed by atoms with Gasteiger partial charge in [0.1, 0.15) is 22.6 Å². The summed E-state index contributed by atoms with van der Waals surface area (Å²) >= 11 is 6.98. The molecule has 1 aliphatic carbocycles. The lowest BCUT2D eigenvalue weighted by atomic mass is 10.2. The van der Waals surface area contributed by atoms with E-state index in [9.17, 15) is 4.79 Å². The number of ether oxygens (including phenoxy) is 1. The topological polar surface area (TPSA) is 101 Å². The standard InChI is InChI=1S/C23H28N6O2S2/c1-23(2,3)31-22(30)25-12-15-8-10-18(33-15)17-13-24-16-9-11-19(28-20(16)27-17)29-21(32)26-14-6-4-5-7-14/h8-11,13-14H,4-7,12H2,1-3H3,(H,25,30)(H2,26,27,28,29,32). The molecule has 1 aliphatic rings. The predicted octanol–water partition coefficient (Wildman–Crippen LogP) is 5.01. The number of hydrogen-bond donors (Lipinski definition) is 3. The third kappa shape index (κ3) is 6.58. The molecule has 1 fully saturated rings. The molecule has 1 saturated carbocycles. The van der Waals surface area contributed by atoms with Gasteiger partial charge in [0.15, 0.2) is 10.8 Å². The number of amides is 1. The molecule has 0 unspecified atom stereocenters. The van der Waals surface area contributed by atoms with Crippen molar-refractivity contribution in [2.75, 3.05) is 5.32 Å². The van der Waals surface area contributed by atoms with Crippen LogP contribution in [0.5, 0.6) is 0 Å². The van der Waals surface area contributed by atoms with Gasteiger partial charge in [0, 0.05) is 10.9 Å². The van der Waals surface area contributed by atoms with Crippen molar-refractivity contribution in [3.8, 4) is 10.6 Å². The van der Waals surface area contributed by atoms with Crippen LogP contribution in [-0.2, 0) is 11.3 Å². The van der Waals surface area contributed by atoms with Crippen LogP contribution in [0.4, 0.5) is 10.6 Å². The molecule has 0 aliphatic heterocycles. The van der Waals surface area contributed by atoms with Gasteiger partial charge in [-0.15, -0.1) is 11.3 Å². The molecule has 3 heterocycles. The SMILES string of the molecule is CC(C)(C)OC(=O)NCc1ccc(-c2cnc3ccc(NC(=S)NC4CCCC4)nc3n2)s1. The number of anilines is 1. The number of rotatable bonds is 5. The Labute approximate surface area is 202 Å². The second kappa shape index (κ2) is 9.96. The number of nitrogens with one attached hydrogen (secondary N) is 3. The zero-order valence-corrected chi connectivity index (χ0v) is 20.6. The molecule has 174 valence electrons. The zero-order valence-electron chi connectivity index (χ0n) is 19.0. The maximum absolute atomic E-state index is 11.9. The summed E-state index contributed by atoms with van der Waals surface area (Å²) in [6, 6.07) is 8.10. The van der Waals surface area contributed by atoms with Gasteiger partial charge in [0.05, 0.1) is 17.6 Å². The number of thiocarbonyl (C=S) groups is 1. The highest BCUT2D eigenvalue weighted by Crippen LogP contribution is 2.27. The fourth-order valence-electron chi connectivity index (χ4n) is 3.58. The lowest BCUT2D eigenvalue weighted by Crippen LogP contribution is -2.36. The number of nitrogens with zero attached hydrogens (tertiary/aromatic N) is 3. The molecule has 3 N–H and O–H groups in total. The molecule has 1 amide bonds. The van der Waals surface area contributed by atoms with Crippen LogP contribution in [0, 0.1) is 0 Å². The number of fused-ring (bicyclic) bond motifs is 1. The van der Waals surface area contributed by atoms with E-state index in [1.807, 2.05) is 45.0 Å². The lowest BCUT2D eigenvalue weighted by molar-refractivity contribution is 0.0524. The van der Waals surface area contributed by atoms with Crippen LogP contribution in [0.2, 0.25) is 0 Å². The summed E-state index contributed by atoms with van der Waals surface area (Å²) in [6.07, 6.45) is 6.09. The number of carbonyl (C=O) groups excluding carboxylic acids is 1. The van der Waals surface area contributed by atoms with Gasteiger partial charge in [-0.2, -0.15) is 0 Å². The molecule has 10 heteroatoms. The van der Waals surface area contributed by atoms with E-state index in [-0.39, 0.29) is 0 Å². The van der Waals surface area contributed by atoms with Gasteiger partial charge in [-0.25, -0.2) is 14.8 Å². The Balaban J connectivity index is 1.42. The van der Waals surface area contributed by atoms with E-state index in [4.69, 9.17) is 21.9 Å². The minimum Gasteiger partial charge on any atom is -0.444 e. The zero-order chi connectivity index (χ0) is 23.4. The van der Waals surface area contributed by atoms with Crippen LogP contribution in [0.25, 0.3) is 21.7 Å². The van der Waals surface area contributed by atoms with Gasteiger partial charge in [0.2, 0.25) is 0 Å². The van der Waals surface area contributed by atoms with Gasteiger partial charge in [0.25, 0.3) is 0 Å². The summed E-state index contributed by atoms with van der Waals surface area (Å²) in [7, 11) is 0. The fraction of sp³-hybridized carbons (Fsp3) is 0.435. The highest BCUT2D eigenvalue weighted by atomic mass is 32.1. The monoisotopic (exact) mass is 484 g/mol. The smallest absolute Gasteiger partial charge is 0.407 e. The Morgan fingerprint density at radius 3 is 2.73 bits per heavy atom. The summed E-state index contributed by atoms with van der Waals surface area (Å²) < 4.78 is 5.28. The number of carbonyl (C=O) groups is 1. The lowest BCUT2D eigenvalue weighted by Gasteiger charge is -2.19. The van der Waals surface area contributed by atoms with Crippen molar-refractivity contribution in [2.45, 2.75) is 64.6 Å². The molecule has 33 heavy (non-hydrogen) atoms. The first-order chi connectivity index (χ1) is 15.7. The molecule has 0 aromatic carbocycles. The van der Waals surface area contributed by atoms with Crippen LogP contribution >= 0.6 is 23.6 Å². The summed E-state index contributed by atoms with van der Waals surface area (Å²) in [5, 5.41) is 9.87. The summed E-state index contributed by atoms with van der Waals surface area (Å²) in [6.45, 7) is 5.90. The van der Waals surface area contributed by atoms with Gasteiger partial charge < -0.3 is 20.7 Å². The van der Waals surface area contributed by atoms with E-state index >= 15 is 0 Å². The van der Waals surface area contributed by atoms with Gasteiger partial charge >= 0.3 is 6.09 Å². The Bertz CT molecular complexity index is 1150. The normalized spacial score (nSPS) is 14.3. The molecule has 8 nitrogen and oxygen atoms in total. The van der Waals surface area contributed by atoms with Crippen molar-refractivity contribution in [1.82, 2.24) is 25.6 Å². The van der Waals surface area contributed by atoms with Gasteiger partial charge in [-0.05, 0) is 70.1 Å². The number of alkyl carbamates (subject to hydrolysis) is 1. The van der Waals surface area contributed by atoms with Crippen LogP contribution in [0.3, 0.4) is 0 Å². The second-order valence-corrected chi connectivity index (χ2v) is 10.6. The van der Waals surface area contributed by atoms with E-state index in [0.717, 1.165) is 28.3 Å². The van der Waals surface area contributed by atoms with E-state index in [0.29, 0.717) is 34.7 Å². The summed E-state index contributed by atoms with van der Waals surface area (Å²) in [4.78, 5) is 27.6. The third-order valence-electron chi connectivity index (χ3n) is 5.06. The van der Waals surface area contributed by atoms with Crippen LogP contribution in [0.1, 0.15) is 51.3 Å². The summed E-state index contributed by atoms with van der Waals surface area (Å²) in [5.74, 6) is 0.637. The maximum Gasteiger partial charge on any atom is 0.407 e. The van der Waals surface area contributed by atoms with Crippen molar-refractivity contribution in [2.24, 2.45) is 0 Å². The van der Waals surface area contributed by atoms with Crippen LogP contribution in [-0.4, -0.2) is 37.8 Å². The van der Waals surface area contributed by atoms with Gasteiger partial charge in [-0.3, -0.25) is 4.98 Å². The van der Waals surface area contributed by atoms with Crippen LogP contribution < -0.4 is 16.0 Å². The molecule has 3 aromatic rings. The largest absolute Gasteiger partial charge is 0.444 e. The Morgan fingerprint density at radius 2 is 1.97 bits per heavy atom. The molecular formula is C23H28N6O2S2. The van der Waals surface area contributed by atoms with Crippen molar-refractivity contribution in [3.63, 3.8) is 0 Å². The first-order valence-electron chi connectivity index (χ1n) is 11.0. The number of aromatic nitrogens is 3. The van der Waals surface area contributed by atoms with Crippen molar-refractivity contribution < 1.29 is 9.53 Å². The fourth-order valence-corrected chi connectivity index (χ4v) is 4.75. The highest BCUT2D eigenvalue weighted by Gasteiger charge is 2.17. The first-order valence-corrected chi connectivity index (χ1v) is 12.2. The maximum atomic E-state index is 11.9. The molecule has 3 aromatic heterocycles. The average molecular weight is 485 g/mol. The molecule has 0 saturated heterocycles. The van der Waals surface area contributed by atoms with Crippen molar-refractivity contribution >= 4 is 51.7 Å². The average Bonchev–Trinajstić information content (AvgIpc) is 3.42. The molecule has 4 rings (SSSR count). The van der Waals surface area contributed by atoms with E-state index in [2.05, 4.69) is 25.9 Å². The van der Waals surface area contributed by atoms with Crippen LogP contribution in [0.15, 0.2) is 30.5 Å². The minimum absolute atomic E-state index is 0.387. The minimum atomic E-state index is -0.525. The van der Waals surface area contributed by atoms with E-state index in [1.165, 1.54) is 12.8 Å². The Kier molecular flexibility index (Phi) is 7.04. The molecular weight excluding hydrogens is 456 g/mol. The number of pyridine rings is 1. The molecule has 0 radical (unpaired) electrons. The third-order valence-corrected chi connectivity index (χ3v) is 6.39. The van der Waals surface area contributed by atoms with E-state index < -0.39 is 11.7 Å². The number of thiophene rings is 1. The molecule has 0 atom stereocenters. The molecule has 0 spiro atoms. The number of hydrogen-bond acceptors (Lipinski definition) is 7. The molecule has 0 bridgehead atoms. The highest BCUT2D eigenvalue weighted by molar-refractivity contribution is 7.80. The Hall–Kier alpha value is -2.85. The predicted molar refractivity (Wildman–Crippen MR) is 135 cm³/mol. The second-order valence-electron chi connectivity index (χ2n) is 9.00.